The summed E-state index contributed by atoms with van der Waals surface area (Å²) in [6.07, 6.45) is 7.39. The van der Waals surface area contributed by atoms with Crippen molar-refractivity contribution in [2.45, 2.75) is 58.0 Å². The van der Waals surface area contributed by atoms with Crippen molar-refractivity contribution < 1.29 is 9.53 Å². The highest BCUT2D eigenvalue weighted by Gasteiger charge is 2.18. The van der Waals surface area contributed by atoms with Crippen LogP contribution in [0.25, 0.3) is 0 Å². The molecule has 1 unspecified atom stereocenters. The van der Waals surface area contributed by atoms with Crippen LogP contribution >= 0.6 is 0 Å². The fourth-order valence-corrected chi connectivity index (χ4v) is 1.72. The normalized spacial score (nSPS) is 20.5. The molecule has 87 valence electrons. The summed E-state index contributed by atoms with van der Waals surface area (Å²) in [4.78, 5) is 11.4. The number of hydrogen-bond acceptors (Lipinski definition) is 3. The second-order valence-electron chi connectivity index (χ2n) is 4.12. The van der Waals surface area contributed by atoms with Gasteiger partial charge in [0.25, 0.3) is 0 Å². The van der Waals surface area contributed by atoms with Gasteiger partial charge in [0.05, 0.1) is 0 Å². The fourth-order valence-electron chi connectivity index (χ4n) is 1.72. The number of unbranched alkanes of at least 4 members (excludes halogenated alkanes) is 4. The molecule has 15 heavy (non-hydrogen) atoms. The minimum absolute atomic E-state index is 0.0337. The highest BCUT2D eigenvalue weighted by Crippen LogP contribution is 2.10. The van der Waals surface area contributed by atoms with Gasteiger partial charge in [-0.2, -0.15) is 0 Å². The summed E-state index contributed by atoms with van der Waals surface area (Å²) in [6.45, 7) is 4.93. The third kappa shape index (κ3) is 5.78. The van der Waals surface area contributed by atoms with Crippen LogP contribution in [-0.4, -0.2) is 18.6 Å². The Balaban J connectivity index is 1.93. The molecular weight excluding hydrogens is 190 g/mol. The Hall–Kier alpha value is -0.570. The quantitative estimate of drug-likeness (QED) is 0.520. The third-order valence-electron chi connectivity index (χ3n) is 2.65. The first-order valence-corrected chi connectivity index (χ1v) is 6.07. The van der Waals surface area contributed by atoms with Crippen LogP contribution in [0.4, 0.5) is 0 Å². The number of esters is 1. The van der Waals surface area contributed by atoms with Gasteiger partial charge in [0.15, 0.2) is 0 Å². The summed E-state index contributed by atoms with van der Waals surface area (Å²) < 4.78 is 5.29. The molecule has 0 bridgehead atoms. The zero-order valence-corrected chi connectivity index (χ0v) is 9.63. The number of ether oxygens (including phenoxy) is 1. The molecule has 1 aliphatic heterocycles. The van der Waals surface area contributed by atoms with E-state index < -0.39 is 0 Å². The topological polar surface area (TPSA) is 38.3 Å². The minimum Gasteiger partial charge on any atom is -0.461 e. The molecule has 1 saturated heterocycles. The number of nitrogens with one attached hydrogen (secondary N) is 1. The fraction of sp³-hybridized carbons (Fsp3) is 0.833. The van der Waals surface area contributed by atoms with E-state index in [1.165, 1.54) is 19.3 Å². The minimum atomic E-state index is -0.0337. The monoisotopic (exact) mass is 212 g/mol. The number of rotatable bonds is 7. The molecule has 1 fully saturated rings. The second kappa shape index (κ2) is 7.69. The van der Waals surface area contributed by atoms with Gasteiger partial charge in [0.2, 0.25) is 0 Å². The predicted molar refractivity (Wildman–Crippen MR) is 60.2 cm³/mol. The van der Waals surface area contributed by atoms with Crippen molar-refractivity contribution in [1.82, 2.24) is 5.32 Å². The zero-order chi connectivity index (χ0) is 10.9. The molecular formula is C12H22NO2. The molecule has 1 aliphatic rings. The van der Waals surface area contributed by atoms with Gasteiger partial charge in [0, 0.05) is 25.9 Å². The Morgan fingerprint density at radius 3 is 2.87 bits per heavy atom. The summed E-state index contributed by atoms with van der Waals surface area (Å²) in [5.41, 5.74) is 0. The number of carbonyl (C=O) groups is 1. The van der Waals surface area contributed by atoms with Crippen LogP contribution in [0.2, 0.25) is 0 Å². The van der Waals surface area contributed by atoms with E-state index in [-0.39, 0.29) is 12.1 Å². The summed E-state index contributed by atoms with van der Waals surface area (Å²) in [6, 6.07) is 0. The maximum Gasteiger partial charge on any atom is 0.306 e. The lowest BCUT2D eigenvalue weighted by Crippen LogP contribution is -2.20. The van der Waals surface area contributed by atoms with Gasteiger partial charge in [-0.1, -0.05) is 32.6 Å². The first-order chi connectivity index (χ1) is 7.33. The van der Waals surface area contributed by atoms with E-state index in [0.717, 1.165) is 25.8 Å². The lowest BCUT2D eigenvalue weighted by molar-refractivity contribution is -0.148. The van der Waals surface area contributed by atoms with Gasteiger partial charge in [-0.05, 0) is 6.42 Å². The summed E-state index contributed by atoms with van der Waals surface area (Å²) in [5.74, 6) is -0.0337. The Morgan fingerprint density at radius 1 is 1.40 bits per heavy atom. The SMILES string of the molecule is CCCCCCCC(=O)OC1C[CH]NC1. The van der Waals surface area contributed by atoms with E-state index >= 15 is 0 Å². The van der Waals surface area contributed by atoms with E-state index in [2.05, 4.69) is 12.2 Å². The van der Waals surface area contributed by atoms with Crippen LogP contribution in [0.1, 0.15) is 51.9 Å². The van der Waals surface area contributed by atoms with Crippen LogP contribution in [-0.2, 0) is 9.53 Å². The standard InChI is InChI=1S/C12H22NO2/c1-2-3-4-5-6-7-12(14)15-11-8-9-13-10-11/h9,11,13H,2-8,10H2,1H3. The van der Waals surface area contributed by atoms with Crippen LogP contribution in [0, 0.1) is 6.54 Å². The highest BCUT2D eigenvalue weighted by atomic mass is 16.5. The van der Waals surface area contributed by atoms with Gasteiger partial charge in [-0.3, -0.25) is 4.79 Å². The van der Waals surface area contributed by atoms with Crippen LogP contribution < -0.4 is 5.32 Å². The van der Waals surface area contributed by atoms with Crippen LogP contribution in [0.5, 0.6) is 0 Å². The molecule has 0 amide bonds. The van der Waals surface area contributed by atoms with Crippen molar-refractivity contribution in [2.75, 3.05) is 6.54 Å². The van der Waals surface area contributed by atoms with Crippen molar-refractivity contribution in [2.24, 2.45) is 0 Å². The molecule has 3 nitrogen and oxygen atoms in total. The third-order valence-corrected chi connectivity index (χ3v) is 2.65. The molecule has 1 heterocycles. The van der Waals surface area contributed by atoms with E-state index in [9.17, 15) is 4.79 Å². The number of hydrogen-bond donors (Lipinski definition) is 1. The van der Waals surface area contributed by atoms with Crippen molar-refractivity contribution >= 4 is 5.97 Å². The predicted octanol–water partition coefficient (Wildman–Crippen LogP) is 2.41. The van der Waals surface area contributed by atoms with Crippen molar-refractivity contribution in [1.29, 1.82) is 0 Å². The second-order valence-corrected chi connectivity index (χ2v) is 4.12. The largest absolute Gasteiger partial charge is 0.461 e. The molecule has 1 atom stereocenters. The van der Waals surface area contributed by atoms with E-state index in [4.69, 9.17) is 4.74 Å². The Morgan fingerprint density at radius 2 is 2.20 bits per heavy atom. The zero-order valence-electron chi connectivity index (χ0n) is 9.63. The van der Waals surface area contributed by atoms with Gasteiger partial charge in [-0.25, -0.2) is 0 Å². The molecule has 0 aliphatic carbocycles. The molecule has 0 aromatic heterocycles. The van der Waals surface area contributed by atoms with Gasteiger partial charge in [0.1, 0.15) is 6.10 Å². The number of carbonyl (C=O) groups excluding carboxylic acids is 1. The molecule has 1 N–H and O–H groups in total. The van der Waals surface area contributed by atoms with Crippen molar-refractivity contribution in [3.63, 3.8) is 0 Å². The maximum atomic E-state index is 11.4. The molecule has 0 aromatic carbocycles. The Kier molecular flexibility index (Phi) is 6.41. The summed E-state index contributed by atoms with van der Waals surface area (Å²) in [5, 5.41) is 3.06. The molecule has 0 spiro atoms. The van der Waals surface area contributed by atoms with Gasteiger partial charge < -0.3 is 10.1 Å². The lowest BCUT2D eigenvalue weighted by atomic mass is 10.1. The summed E-state index contributed by atoms with van der Waals surface area (Å²) >= 11 is 0. The van der Waals surface area contributed by atoms with Gasteiger partial charge >= 0.3 is 5.97 Å². The smallest absolute Gasteiger partial charge is 0.306 e. The van der Waals surface area contributed by atoms with Gasteiger partial charge in [-0.15, -0.1) is 0 Å². The van der Waals surface area contributed by atoms with E-state index in [1.807, 2.05) is 6.54 Å². The first kappa shape index (κ1) is 12.5. The van der Waals surface area contributed by atoms with Crippen LogP contribution in [0.3, 0.4) is 0 Å². The van der Waals surface area contributed by atoms with E-state index in [0.29, 0.717) is 6.42 Å². The Labute approximate surface area is 92.6 Å². The lowest BCUT2D eigenvalue weighted by Gasteiger charge is -2.10. The summed E-state index contributed by atoms with van der Waals surface area (Å²) in [7, 11) is 0. The van der Waals surface area contributed by atoms with Crippen molar-refractivity contribution in [3.05, 3.63) is 6.54 Å². The van der Waals surface area contributed by atoms with Crippen LogP contribution in [0.15, 0.2) is 0 Å². The highest BCUT2D eigenvalue weighted by molar-refractivity contribution is 5.69. The molecule has 1 radical (unpaired) electrons. The first-order valence-electron chi connectivity index (χ1n) is 6.07. The van der Waals surface area contributed by atoms with E-state index in [1.54, 1.807) is 0 Å². The Bertz CT molecular complexity index is 176. The van der Waals surface area contributed by atoms with Crippen molar-refractivity contribution in [3.8, 4) is 0 Å². The molecule has 0 aromatic rings. The average Bonchev–Trinajstić information content (AvgIpc) is 2.70. The molecule has 1 rings (SSSR count). The molecule has 0 saturated carbocycles. The molecule has 3 heteroatoms. The average molecular weight is 212 g/mol. The maximum absolute atomic E-state index is 11.4.